The normalized spacial score (nSPS) is 9.09. The molecule has 0 saturated heterocycles. The van der Waals surface area contributed by atoms with Crippen LogP contribution in [0.2, 0.25) is 0 Å². The summed E-state index contributed by atoms with van der Waals surface area (Å²) in [6.07, 6.45) is 0.833. The van der Waals surface area contributed by atoms with Crippen molar-refractivity contribution in [3.05, 3.63) is 49.7 Å². The summed E-state index contributed by atoms with van der Waals surface area (Å²) >= 11 is 0. The number of carboxylic acids is 1. The van der Waals surface area contributed by atoms with Crippen LogP contribution in [0.25, 0.3) is 16.9 Å². The Hall–Kier alpha value is -2.47. The summed E-state index contributed by atoms with van der Waals surface area (Å²) in [7, 11) is 0. The molecule has 2 rings (SSSR count). The Morgan fingerprint density at radius 1 is 1.23 bits per heavy atom. The number of aromatic nitrogens is 4. The second-order valence-electron chi connectivity index (χ2n) is 3.38. The van der Waals surface area contributed by atoms with E-state index in [0.717, 1.165) is 6.08 Å². The van der Waals surface area contributed by atoms with Crippen LogP contribution in [0.1, 0.15) is 0 Å². The van der Waals surface area contributed by atoms with Crippen molar-refractivity contribution in [2.75, 3.05) is 5.43 Å². The summed E-state index contributed by atoms with van der Waals surface area (Å²) in [6, 6.07) is -1.33. The van der Waals surface area contributed by atoms with Gasteiger partial charge in [-0.2, -0.15) is 0 Å². The Morgan fingerprint density at radius 3 is 2.23 bits per heavy atom. The molecule has 0 aliphatic heterocycles. The molecule has 0 aliphatic rings. The first-order valence-corrected chi connectivity index (χ1v) is 5.11. The molecule has 0 aromatic carbocycles. The molecule has 0 unspecified atom stereocenters. The zero-order valence-corrected chi connectivity index (χ0v) is 13.6. The molecule has 0 aliphatic carbocycles. The number of urea groups is 1. The van der Waals surface area contributed by atoms with Crippen molar-refractivity contribution in [2.24, 2.45) is 0 Å². The zero-order chi connectivity index (χ0) is 16.2. The number of nitrogens with zero attached hydrogens (tertiary/aromatic N) is 1. The second kappa shape index (κ2) is 8.09. The van der Waals surface area contributed by atoms with E-state index in [1.54, 1.807) is 5.43 Å². The molecule has 6 N–H and O–H groups in total. The minimum Gasteiger partial charge on any atom is -0.478 e. The molecular weight excluding hydrogens is 377 g/mol. The summed E-state index contributed by atoms with van der Waals surface area (Å²) < 4.78 is 0.293. The smallest absolute Gasteiger partial charge is 0.333 e. The molecule has 22 heavy (non-hydrogen) atoms. The largest absolute Gasteiger partial charge is 0.478 e. The minimum absolute atomic E-state index is 0. The van der Waals surface area contributed by atoms with Gasteiger partial charge in [0.15, 0.2) is 11.5 Å². The van der Waals surface area contributed by atoms with Crippen molar-refractivity contribution < 1.29 is 47.4 Å². The predicted octanol–water partition coefficient (Wildman–Crippen LogP) is -1.32. The van der Waals surface area contributed by atoms with Crippen LogP contribution in [0.5, 0.6) is 0 Å². The summed E-state index contributed by atoms with van der Waals surface area (Å²) in [6.45, 7) is 2.96. The van der Waals surface area contributed by atoms with Crippen LogP contribution < -0.4 is 22.4 Å². The van der Waals surface area contributed by atoms with E-state index in [1.807, 2.05) is 0 Å². The van der Waals surface area contributed by atoms with Crippen LogP contribution in [0, 0.1) is 0 Å². The van der Waals surface area contributed by atoms with Crippen LogP contribution in [-0.4, -0.2) is 36.7 Å². The summed E-state index contributed by atoms with van der Waals surface area (Å²) in [4.78, 5) is 59.8. The summed E-state index contributed by atoms with van der Waals surface area (Å²) in [5, 5.41) is 7.60. The Bertz CT molecular complexity index is 873. The van der Waals surface area contributed by atoms with Gasteiger partial charge in [-0.25, -0.2) is 19.1 Å². The topological polar surface area (TPSA) is 194 Å². The number of hydrogen-bond acceptors (Lipinski definition) is 5. The maximum Gasteiger partial charge on any atom is 0.333 e. The molecule has 0 atom stereocenters. The number of aliphatic carboxylic acids is 1. The molecule has 1 radical (unpaired) electrons. The first-order valence-electron chi connectivity index (χ1n) is 5.11. The molecule has 13 heteroatoms. The average Bonchev–Trinajstić information content (AvgIpc) is 2.75. The average molecular weight is 386 g/mol. The van der Waals surface area contributed by atoms with Gasteiger partial charge in [-0.15, -0.1) is 0 Å². The van der Waals surface area contributed by atoms with Gasteiger partial charge >= 0.3 is 17.3 Å². The third-order valence-electron chi connectivity index (χ3n) is 1.97. The molecule has 2 aromatic heterocycles. The molecule has 2 aromatic rings. The van der Waals surface area contributed by atoms with E-state index >= 15 is 0 Å². The van der Waals surface area contributed by atoms with Crippen molar-refractivity contribution >= 4 is 23.2 Å². The number of carbonyl (C=O) groups excluding carboxylic acids is 1. The van der Waals surface area contributed by atoms with Crippen LogP contribution in [-0.2, 0) is 37.5 Å². The van der Waals surface area contributed by atoms with Crippen molar-refractivity contribution in [3.63, 3.8) is 0 Å². The van der Waals surface area contributed by atoms with E-state index < -0.39 is 28.9 Å². The Balaban J connectivity index is 0.000000644. The fourth-order valence-corrected chi connectivity index (χ4v) is 1.21. The van der Waals surface area contributed by atoms with Crippen molar-refractivity contribution in [1.82, 2.24) is 19.6 Å². The van der Waals surface area contributed by atoms with Crippen LogP contribution in [0.3, 0.4) is 0 Å². The van der Waals surface area contributed by atoms with Crippen molar-refractivity contribution in [3.8, 4) is 0 Å². The van der Waals surface area contributed by atoms with Crippen LogP contribution >= 0.6 is 0 Å². The maximum absolute atomic E-state index is 11.6. The van der Waals surface area contributed by atoms with Gasteiger partial charge in [0.2, 0.25) is 0 Å². The van der Waals surface area contributed by atoms with E-state index in [1.165, 1.54) is 0 Å². The predicted molar refractivity (Wildman–Crippen MR) is 70.7 cm³/mol. The first-order chi connectivity index (χ1) is 9.76. The number of amides is 2. The molecule has 0 fully saturated rings. The number of aromatic amines is 3. The number of carbonyl (C=O) groups is 2. The summed E-state index contributed by atoms with van der Waals surface area (Å²) in [5.41, 5.74) is 5.44. The fraction of sp³-hybridized carbons (Fsp3) is 0. The molecule has 2 heterocycles. The quantitative estimate of drug-likeness (QED) is 0.397. The van der Waals surface area contributed by atoms with E-state index in [0.29, 0.717) is 4.68 Å². The van der Waals surface area contributed by atoms with Gasteiger partial charge in [-0.3, -0.25) is 24.5 Å². The van der Waals surface area contributed by atoms with Gasteiger partial charge in [0.25, 0.3) is 5.56 Å². The van der Waals surface area contributed by atoms with Gasteiger partial charge in [-0.05, 0) is 0 Å². The van der Waals surface area contributed by atoms with Gasteiger partial charge in [0, 0.05) is 38.8 Å². The molecule has 115 valence electrons. The Kier molecular flexibility index (Phi) is 7.19. The number of hydrogen-bond donors (Lipinski definition) is 5. The Morgan fingerprint density at radius 2 is 1.77 bits per heavy atom. The van der Waals surface area contributed by atoms with Crippen LogP contribution in [0.4, 0.5) is 4.79 Å². The van der Waals surface area contributed by atoms with Crippen molar-refractivity contribution in [1.29, 1.82) is 0 Å². The molecular formula is C9H9N6O6Y-. The summed E-state index contributed by atoms with van der Waals surface area (Å²) in [5.74, 6) is -0.981. The number of imidazole rings is 1. The standard InChI is InChI=1S/C6H6N6O4.C3H4O2.Y/c7-4(14)11-12-3(13)1-2(10-6(12)16)9-5(15)8-1;1-2-3(4)5;/h(H6,7,8,9,10,11,13,14,15,16);2H,1H2,(H,4,5);/p-1. The molecule has 2 amide bonds. The van der Waals surface area contributed by atoms with Gasteiger partial charge in [0.1, 0.15) is 5.65 Å². The van der Waals surface area contributed by atoms with E-state index in [-0.39, 0.29) is 43.9 Å². The molecule has 0 spiro atoms. The van der Waals surface area contributed by atoms with E-state index in [2.05, 4.69) is 21.5 Å². The monoisotopic (exact) mass is 386 g/mol. The number of H-pyrrole nitrogens is 3. The third-order valence-corrected chi connectivity index (χ3v) is 1.97. The first kappa shape index (κ1) is 19.5. The fourth-order valence-electron chi connectivity index (χ4n) is 1.21. The van der Waals surface area contributed by atoms with E-state index in [9.17, 15) is 24.0 Å². The second-order valence-corrected chi connectivity index (χ2v) is 3.38. The minimum atomic E-state index is -1.33. The van der Waals surface area contributed by atoms with Gasteiger partial charge in [0.05, 0.1) is 0 Å². The van der Waals surface area contributed by atoms with Gasteiger partial charge in [-0.1, -0.05) is 6.58 Å². The SMILES string of the molecule is C=CC(=O)O.[NH-]C(=O)Nn1c(=O)[nH]c2[nH]c(=O)[nH]c2c1=O.[Y]. The van der Waals surface area contributed by atoms with Crippen molar-refractivity contribution in [2.45, 2.75) is 0 Å². The number of nitrogens with one attached hydrogen (secondary N) is 5. The molecule has 12 nitrogen and oxygen atoms in total. The van der Waals surface area contributed by atoms with Gasteiger partial charge < -0.3 is 16.3 Å². The number of fused-ring (bicyclic) bond motifs is 1. The third kappa shape index (κ3) is 4.82. The molecule has 0 bridgehead atoms. The van der Waals surface area contributed by atoms with E-state index in [4.69, 9.17) is 10.8 Å². The molecule has 0 saturated carbocycles. The zero-order valence-electron chi connectivity index (χ0n) is 10.8. The number of rotatable bonds is 2. The van der Waals surface area contributed by atoms with Crippen LogP contribution in [0.15, 0.2) is 27.0 Å². The maximum atomic E-state index is 11.6. The Labute approximate surface area is 145 Å². The number of carboxylic acid groups (broad SMARTS) is 1.